The number of hydrogen-bond donors (Lipinski definition) is 3. The first-order valence-electron chi connectivity index (χ1n) is 10.7. The largest absolute Gasteiger partial charge is 0.490 e. The Morgan fingerprint density at radius 2 is 1.68 bits per heavy atom. The minimum absolute atomic E-state index is 0.0356. The Morgan fingerprint density at radius 3 is 2.18 bits per heavy atom. The van der Waals surface area contributed by atoms with Gasteiger partial charge in [0, 0.05) is 31.6 Å². The van der Waals surface area contributed by atoms with Gasteiger partial charge in [0.05, 0.1) is 10.7 Å². The number of nitrogens with zero attached hydrogens (tertiary/aromatic N) is 2. The molecule has 3 saturated heterocycles. The molecule has 0 radical (unpaired) electrons. The van der Waals surface area contributed by atoms with Crippen molar-refractivity contribution in [3.8, 4) is 0 Å². The van der Waals surface area contributed by atoms with Crippen LogP contribution in [0, 0.1) is 11.8 Å². The number of likely N-dealkylation sites (tertiary alicyclic amines) is 1. The van der Waals surface area contributed by atoms with Crippen LogP contribution in [0.1, 0.15) is 29.6 Å². The number of amides is 4. The van der Waals surface area contributed by atoms with Crippen molar-refractivity contribution in [3.05, 3.63) is 28.8 Å². The number of carbonyl (C=O) groups is 4. The zero-order valence-corrected chi connectivity index (χ0v) is 18.8. The van der Waals surface area contributed by atoms with Gasteiger partial charge < -0.3 is 15.3 Å². The lowest BCUT2D eigenvalue weighted by molar-refractivity contribution is -0.192. The molecular weight excluding hydrogens is 481 g/mol. The van der Waals surface area contributed by atoms with Crippen LogP contribution < -0.4 is 15.5 Å². The topological polar surface area (TPSA) is 119 Å². The number of alkyl halides is 3. The fraction of sp³-hybridized carbons (Fsp3) is 0.524. The average molecular weight is 505 g/mol. The van der Waals surface area contributed by atoms with E-state index in [2.05, 4.69) is 10.6 Å². The van der Waals surface area contributed by atoms with E-state index in [9.17, 15) is 27.6 Å². The van der Waals surface area contributed by atoms with Crippen LogP contribution in [-0.4, -0.2) is 72.7 Å². The standard InChI is InChI=1S/C19H23ClN4O3.C2HF3O2/c20-15-2-1-13(9-16(15)24-8-5-17(25)22-19(24)27)18(26)23-6-3-12(4-7-23)14-10-21-11-14;3-2(4,5)1(6)7/h1-2,9,12,14,21H,3-8,10-11H2,(H,22,25,27);(H,6,7). The minimum Gasteiger partial charge on any atom is -0.475 e. The highest BCUT2D eigenvalue weighted by Crippen LogP contribution is 2.31. The summed E-state index contributed by atoms with van der Waals surface area (Å²) < 4.78 is 31.7. The number of piperidine rings is 1. The molecule has 0 saturated carbocycles. The van der Waals surface area contributed by atoms with Gasteiger partial charge >= 0.3 is 18.2 Å². The van der Waals surface area contributed by atoms with E-state index >= 15 is 0 Å². The highest BCUT2D eigenvalue weighted by atomic mass is 35.5. The quantitative estimate of drug-likeness (QED) is 0.582. The predicted molar refractivity (Wildman–Crippen MR) is 116 cm³/mol. The van der Waals surface area contributed by atoms with Gasteiger partial charge in [0.2, 0.25) is 5.91 Å². The molecule has 0 aliphatic carbocycles. The van der Waals surface area contributed by atoms with Gasteiger partial charge in [-0.05, 0) is 56.0 Å². The van der Waals surface area contributed by atoms with E-state index in [4.69, 9.17) is 21.5 Å². The first kappa shape index (κ1) is 25.8. The molecule has 4 rings (SSSR count). The molecule has 3 aliphatic heterocycles. The lowest BCUT2D eigenvalue weighted by atomic mass is 9.81. The number of rotatable bonds is 3. The molecule has 13 heteroatoms. The maximum absolute atomic E-state index is 12.9. The molecule has 0 bridgehead atoms. The molecule has 186 valence electrons. The second kappa shape index (κ2) is 10.6. The van der Waals surface area contributed by atoms with Crippen molar-refractivity contribution in [2.45, 2.75) is 25.4 Å². The number of carbonyl (C=O) groups excluding carboxylic acids is 3. The maximum Gasteiger partial charge on any atom is 0.490 e. The van der Waals surface area contributed by atoms with E-state index in [1.54, 1.807) is 18.2 Å². The molecule has 1 aromatic carbocycles. The maximum atomic E-state index is 12.9. The van der Waals surface area contributed by atoms with Gasteiger partial charge in [0.1, 0.15) is 0 Å². The highest BCUT2D eigenvalue weighted by Gasteiger charge is 2.38. The van der Waals surface area contributed by atoms with Crippen LogP contribution >= 0.6 is 11.6 Å². The Kier molecular flexibility index (Phi) is 8.03. The van der Waals surface area contributed by atoms with E-state index in [1.165, 1.54) is 4.90 Å². The second-order valence-electron chi connectivity index (χ2n) is 8.27. The van der Waals surface area contributed by atoms with Gasteiger partial charge in [-0.25, -0.2) is 9.59 Å². The van der Waals surface area contributed by atoms with Gasteiger partial charge in [-0.1, -0.05) is 11.6 Å². The van der Waals surface area contributed by atoms with Gasteiger partial charge in [-0.15, -0.1) is 0 Å². The Balaban J connectivity index is 0.000000406. The van der Waals surface area contributed by atoms with Gasteiger partial charge in [0.15, 0.2) is 0 Å². The summed E-state index contributed by atoms with van der Waals surface area (Å²) >= 11 is 6.26. The summed E-state index contributed by atoms with van der Waals surface area (Å²) in [6.45, 7) is 3.97. The van der Waals surface area contributed by atoms with Crippen LogP contribution in [0.15, 0.2) is 18.2 Å². The Hall–Kier alpha value is -2.86. The fourth-order valence-corrected chi connectivity index (χ4v) is 4.27. The number of imide groups is 1. The molecule has 3 fully saturated rings. The van der Waals surface area contributed by atoms with E-state index in [-0.39, 0.29) is 24.8 Å². The van der Waals surface area contributed by atoms with Gasteiger partial charge in [-0.3, -0.25) is 19.8 Å². The summed E-state index contributed by atoms with van der Waals surface area (Å²) in [4.78, 5) is 48.6. The SMILES string of the molecule is O=C(O)C(F)(F)F.O=C1CCN(c2cc(C(=O)N3CCC(C4CNC4)CC3)ccc2Cl)C(=O)N1. The van der Waals surface area contributed by atoms with E-state index in [0.717, 1.165) is 44.9 Å². The molecule has 34 heavy (non-hydrogen) atoms. The number of halogens is 4. The van der Waals surface area contributed by atoms with Crippen LogP contribution in [0.3, 0.4) is 0 Å². The number of nitrogens with one attached hydrogen (secondary N) is 2. The molecule has 3 aliphatic rings. The number of aliphatic carboxylic acids is 1. The molecule has 9 nitrogen and oxygen atoms in total. The molecule has 0 aromatic heterocycles. The summed E-state index contributed by atoms with van der Waals surface area (Å²) in [7, 11) is 0. The van der Waals surface area contributed by atoms with Crippen molar-refractivity contribution in [1.82, 2.24) is 15.5 Å². The van der Waals surface area contributed by atoms with Crippen LogP contribution in [0.25, 0.3) is 0 Å². The predicted octanol–water partition coefficient (Wildman–Crippen LogP) is 2.49. The molecular formula is C21H24ClF3N4O5. The average Bonchev–Trinajstić information content (AvgIpc) is 2.73. The van der Waals surface area contributed by atoms with Crippen LogP contribution in [0.4, 0.5) is 23.7 Å². The van der Waals surface area contributed by atoms with Gasteiger partial charge in [-0.2, -0.15) is 13.2 Å². The van der Waals surface area contributed by atoms with E-state index in [0.29, 0.717) is 22.2 Å². The summed E-state index contributed by atoms with van der Waals surface area (Å²) in [5.74, 6) is -1.64. The van der Waals surface area contributed by atoms with Crippen molar-refractivity contribution < 1.29 is 37.5 Å². The molecule has 0 spiro atoms. The van der Waals surface area contributed by atoms with Crippen molar-refractivity contribution in [2.75, 3.05) is 37.6 Å². The third kappa shape index (κ3) is 6.17. The van der Waals surface area contributed by atoms with Crippen molar-refractivity contribution in [3.63, 3.8) is 0 Å². The Bertz CT molecular complexity index is 962. The first-order valence-corrected chi connectivity index (χ1v) is 11.1. The summed E-state index contributed by atoms with van der Waals surface area (Å²) in [6.07, 6.45) is -2.80. The second-order valence-corrected chi connectivity index (χ2v) is 8.68. The highest BCUT2D eigenvalue weighted by molar-refractivity contribution is 6.34. The monoisotopic (exact) mass is 504 g/mol. The lowest BCUT2D eigenvalue weighted by Crippen LogP contribution is -2.50. The van der Waals surface area contributed by atoms with Crippen LogP contribution in [0.5, 0.6) is 0 Å². The number of anilines is 1. The molecule has 3 heterocycles. The number of urea groups is 1. The lowest BCUT2D eigenvalue weighted by Gasteiger charge is -2.40. The summed E-state index contributed by atoms with van der Waals surface area (Å²) in [5, 5.41) is 13.1. The normalized spacial score (nSPS) is 19.6. The first-order chi connectivity index (χ1) is 16.0. The van der Waals surface area contributed by atoms with E-state index < -0.39 is 18.2 Å². The molecule has 0 unspecified atom stereocenters. The minimum atomic E-state index is -5.08. The van der Waals surface area contributed by atoms with Crippen molar-refractivity contribution in [1.29, 1.82) is 0 Å². The number of carboxylic acids is 1. The zero-order chi connectivity index (χ0) is 25.0. The van der Waals surface area contributed by atoms with Crippen LogP contribution in [0.2, 0.25) is 5.02 Å². The third-order valence-corrected chi connectivity index (χ3v) is 6.41. The number of carboxylic acid groups (broad SMARTS) is 1. The van der Waals surface area contributed by atoms with Crippen molar-refractivity contribution >= 4 is 41.1 Å². The molecule has 1 aromatic rings. The fourth-order valence-electron chi connectivity index (χ4n) is 4.05. The van der Waals surface area contributed by atoms with Crippen molar-refractivity contribution in [2.24, 2.45) is 11.8 Å². The summed E-state index contributed by atoms with van der Waals surface area (Å²) in [5.41, 5.74) is 0.978. The zero-order valence-electron chi connectivity index (χ0n) is 18.0. The third-order valence-electron chi connectivity index (χ3n) is 6.09. The Labute approximate surface area is 198 Å². The van der Waals surface area contributed by atoms with E-state index in [1.807, 2.05) is 4.90 Å². The number of benzene rings is 1. The molecule has 0 atom stereocenters. The molecule has 3 N–H and O–H groups in total. The van der Waals surface area contributed by atoms with Crippen LogP contribution in [-0.2, 0) is 9.59 Å². The smallest absolute Gasteiger partial charge is 0.475 e. The molecule has 4 amide bonds. The Morgan fingerprint density at radius 1 is 1.06 bits per heavy atom. The van der Waals surface area contributed by atoms with Gasteiger partial charge in [0.25, 0.3) is 5.91 Å². The number of hydrogen-bond acceptors (Lipinski definition) is 5. The summed E-state index contributed by atoms with van der Waals surface area (Å²) in [6, 6.07) is 4.48.